The maximum Gasteiger partial charge on any atom is 0.130 e. The Morgan fingerprint density at radius 2 is 2.07 bits per heavy atom. The van der Waals surface area contributed by atoms with Crippen LogP contribution in [0.3, 0.4) is 0 Å². The Labute approximate surface area is 160 Å². The third-order valence-corrected chi connectivity index (χ3v) is 5.63. The molecule has 1 saturated heterocycles. The number of pyridine rings is 1. The van der Waals surface area contributed by atoms with Crippen LogP contribution in [-0.4, -0.2) is 38.6 Å². The smallest absolute Gasteiger partial charge is 0.130 e. The van der Waals surface area contributed by atoms with Gasteiger partial charge in [-0.3, -0.25) is 4.90 Å². The quantitative estimate of drug-likeness (QED) is 0.734. The van der Waals surface area contributed by atoms with Crippen molar-refractivity contribution in [2.45, 2.75) is 32.7 Å². The van der Waals surface area contributed by atoms with Crippen LogP contribution in [0.1, 0.15) is 25.6 Å². The van der Waals surface area contributed by atoms with Crippen LogP contribution in [0.25, 0.3) is 22.0 Å². The van der Waals surface area contributed by atoms with Crippen molar-refractivity contribution in [2.75, 3.05) is 18.4 Å². The van der Waals surface area contributed by atoms with Crippen molar-refractivity contribution in [3.63, 3.8) is 0 Å². The summed E-state index contributed by atoms with van der Waals surface area (Å²) in [6, 6.07) is 9.18. The molecule has 2 aromatic heterocycles. The summed E-state index contributed by atoms with van der Waals surface area (Å²) in [5.74, 6) is 1.85. The number of rotatable bonds is 5. The molecule has 27 heavy (non-hydrogen) atoms. The predicted molar refractivity (Wildman–Crippen MR) is 112 cm³/mol. The van der Waals surface area contributed by atoms with Crippen molar-refractivity contribution < 1.29 is 0 Å². The van der Waals surface area contributed by atoms with Crippen molar-refractivity contribution in [2.24, 2.45) is 7.05 Å². The van der Waals surface area contributed by atoms with Gasteiger partial charge in [-0.1, -0.05) is 18.7 Å². The highest BCUT2D eigenvalue weighted by atomic mass is 15.2. The number of benzene rings is 1. The van der Waals surface area contributed by atoms with Crippen LogP contribution < -0.4 is 5.32 Å². The largest absolute Gasteiger partial charge is 0.343 e. The summed E-state index contributed by atoms with van der Waals surface area (Å²) < 4.78 is 2.11. The molecule has 5 heteroatoms. The Bertz CT molecular complexity index is 988. The summed E-state index contributed by atoms with van der Waals surface area (Å²) in [6.07, 6.45) is 6.40. The molecule has 1 unspecified atom stereocenters. The molecule has 0 saturated carbocycles. The second-order valence-corrected chi connectivity index (χ2v) is 7.57. The van der Waals surface area contributed by atoms with E-state index in [1.54, 1.807) is 0 Å². The molecule has 0 amide bonds. The van der Waals surface area contributed by atoms with E-state index in [-0.39, 0.29) is 0 Å². The molecule has 1 atom stereocenters. The normalized spacial score (nSPS) is 17.5. The third kappa shape index (κ3) is 3.60. The maximum atomic E-state index is 4.56. The first-order chi connectivity index (χ1) is 13.0. The number of anilines is 1. The fourth-order valence-corrected chi connectivity index (χ4v) is 3.83. The Morgan fingerprint density at radius 1 is 1.22 bits per heavy atom. The molecular formula is C22H27N5. The third-order valence-electron chi connectivity index (χ3n) is 5.63. The Balaban J connectivity index is 1.55. The molecule has 1 aromatic carbocycles. The van der Waals surface area contributed by atoms with Gasteiger partial charge in [0.05, 0.1) is 11.9 Å². The molecule has 3 heterocycles. The van der Waals surface area contributed by atoms with Crippen molar-refractivity contribution in [3.8, 4) is 11.3 Å². The van der Waals surface area contributed by atoms with Crippen molar-refractivity contribution in [1.82, 2.24) is 19.4 Å². The van der Waals surface area contributed by atoms with E-state index < -0.39 is 0 Å². The highest BCUT2D eigenvalue weighted by Crippen LogP contribution is 2.26. The molecule has 3 aromatic rings. The summed E-state index contributed by atoms with van der Waals surface area (Å²) >= 11 is 0. The molecule has 0 spiro atoms. The van der Waals surface area contributed by atoms with Crippen LogP contribution in [0.5, 0.6) is 0 Å². The standard InChI is InChI=1S/C22H27N5/c1-15(14-27-9-5-6-16(27)2)25-22-11-20-10-18(7-8-19(20)12-24-22)21-13-23-17(3)26(21)4/h7-8,10-13,16H,1,5-6,9,14H2,2-4H3,(H,24,25). The van der Waals surface area contributed by atoms with E-state index in [1.807, 2.05) is 26.4 Å². The van der Waals surface area contributed by atoms with Crippen LogP contribution in [0, 0.1) is 6.92 Å². The van der Waals surface area contributed by atoms with Gasteiger partial charge in [0, 0.05) is 42.5 Å². The van der Waals surface area contributed by atoms with Gasteiger partial charge in [0.2, 0.25) is 0 Å². The van der Waals surface area contributed by atoms with Gasteiger partial charge >= 0.3 is 0 Å². The summed E-state index contributed by atoms with van der Waals surface area (Å²) in [6.45, 7) is 10.5. The Morgan fingerprint density at radius 3 is 2.78 bits per heavy atom. The van der Waals surface area contributed by atoms with Gasteiger partial charge in [0.1, 0.15) is 11.6 Å². The lowest BCUT2D eigenvalue weighted by atomic mass is 10.1. The summed E-state index contributed by atoms with van der Waals surface area (Å²) in [4.78, 5) is 11.4. The van der Waals surface area contributed by atoms with Gasteiger partial charge in [-0.15, -0.1) is 0 Å². The first kappa shape index (κ1) is 17.7. The molecule has 1 aliphatic heterocycles. The fraction of sp³-hybridized carbons (Fsp3) is 0.364. The molecular weight excluding hydrogens is 334 g/mol. The molecule has 0 aliphatic carbocycles. The van der Waals surface area contributed by atoms with Crippen molar-refractivity contribution >= 4 is 16.6 Å². The highest BCUT2D eigenvalue weighted by molar-refractivity contribution is 5.88. The van der Waals surface area contributed by atoms with Crippen LogP contribution in [0.15, 0.2) is 48.9 Å². The molecule has 1 aliphatic rings. The number of likely N-dealkylation sites (tertiary alicyclic amines) is 1. The van der Waals surface area contributed by atoms with E-state index in [0.717, 1.165) is 52.5 Å². The summed E-state index contributed by atoms with van der Waals surface area (Å²) in [7, 11) is 2.05. The first-order valence-corrected chi connectivity index (χ1v) is 9.58. The molecule has 0 bridgehead atoms. The van der Waals surface area contributed by atoms with E-state index in [0.29, 0.717) is 6.04 Å². The molecule has 0 radical (unpaired) electrons. The van der Waals surface area contributed by atoms with Crippen molar-refractivity contribution in [1.29, 1.82) is 0 Å². The summed E-state index contributed by atoms with van der Waals surface area (Å²) in [5.41, 5.74) is 3.27. The van der Waals surface area contributed by atoms with E-state index >= 15 is 0 Å². The lowest BCUT2D eigenvalue weighted by molar-refractivity contribution is 0.292. The van der Waals surface area contributed by atoms with Crippen LogP contribution in [-0.2, 0) is 7.05 Å². The number of nitrogens with zero attached hydrogens (tertiary/aromatic N) is 4. The number of aromatic nitrogens is 3. The van der Waals surface area contributed by atoms with Crippen LogP contribution in [0.2, 0.25) is 0 Å². The van der Waals surface area contributed by atoms with Gasteiger partial charge in [0.15, 0.2) is 0 Å². The fourth-order valence-electron chi connectivity index (χ4n) is 3.83. The Hall–Kier alpha value is -2.66. The van der Waals surface area contributed by atoms with E-state index in [2.05, 4.69) is 62.5 Å². The molecule has 1 fully saturated rings. The van der Waals surface area contributed by atoms with Crippen LogP contribution in [0.4, 0.5) is 5.82 Å². The SMILES string of the molecule is C=C(CN1CCCC1C)Nc1cc2cc(-c3cnc(C)n3C)ccc2cn1. The second-order valence-electron chi connectivity index (χ2n) is 7.57. The number of aryl methyl sites for hydroxylation is 1. The minimum absolute atomic E-state index is 0.637. The molecule has 4 rings (SSSR count). The minimum Gasteiger partial charge on any atom is -0.343 e. The van der Waals surface area contributed by atoms with E-state index in [4.69, 9.17) is 0 Å². The number of hydrogen-bond donors (Lipinski definition) is 1. The molecule has 5 nitrogen and oxygen atoms in total. The van der Waals surface area contributed by atoms with Crippen LogP contribution >= 0.6 is 0 Å². The lowest BCUT2D eigenvalue weighted by Gasteiger charge is -2.22. The maximum absolute atomic E-state index is 4.56. The number of imidazole rings is 1. The lowest BCUT2D eigenvalue weighted by Crippen LogP contribution is -2.30. The topological polar surface area (TPSA) is 46.0 Å². The zero-order valence-electron chi connectivity index (χ0n) is 16.4. The second kappa shape index (κ2) is 7.16. The molecule has 1 N–H and O–H groups in total. The van der Waals surface area contributed by atoms with Gasteiger partial charge in [-0.25, -0.2) is 9.97 Å². The number of hydrogen-bond acceptors (Lipinski definition) is 4. The average molecular weight is 361 g/mol. The number of fused-ring (bicyclic) bond motifs is 1. The van der Waals surface area contributed by atoms with Gasteiger partial charge < -0.3 is 9.88 Å². The zero-order chi connectivity index (χ0) is 19.0. The van der Waals surface area contributed by atoms with Gasteiger partial charge in [0.25, 0.3) is 0 Å². The average Bonchev–Trinajstić information content (AvgIpc) is 3.20. The predicted octanol–water partition coefficient (Wildman–Crippen LogP) is 4.35. The number of nitrogens with one attached hydrogen (secondary N) is 1. The zero-order valence-corrected chi connectivity index (χ0v) is 16.4. The monoisotopic (exact) mass is 361 g/mol. The first-order valence-electron chi connectivity index (χ1n) is 9.58. The van der Waals surface area contributed by atoms with Gasteiger partial charge in [-0.2, -0.15) is 0 Å². The van der Waals surface area contributed by atoms with E-state index in [9.17, 15) is 0 Å². The highest BCUT2D eigenvalue weighted by Gasteiger charge is 2.20. The van der Waals surface area contributed by atoms with Gasteiger partial charge in [-0.05, 0) is 50.8 Å². The molecule has 140 valence electrons. The Kier molecular flexibility index (Phi) is 4.70. The summed E-state index contributed by atoms with van der Waals surface area (Å²) in [5, 5.41) is 5.68. The van der Waals surface area contributed by atoms with Crippen molar-refractivity contribution in [3.05, 3.63) is 54.8 Å². The van der Waals surface area contributed by atoms with E-state index in [1.165, 1.54) is 12.8 Å². The minimum atomic E-state index is 0.637.